The van der Waals surface area contributed by atoms with Gasteiger partial charge in [-0.3, -0.25) is 4.79 Å². The zero-order valence-corrected chi connectivity index (χ0v) is 14.4. The molecule has 6 heteroatoms. The van der Waals surface area contributed by atoms with Crippen molar-refractivity contribution in [1.29, 1.82) is 0 Å². The maximum absolute atomic E-state index is 12.6. The number of ether oxygens (including phenoxy) is 1. The largest absolute Gasteiger partial charge is 0.481 e. The number of amides is 1. The lowest BCUT2D eigenvalue weighted by atomic mass is 10.1. The van der Waals surface area contributed by atoms with E-state index in [1.165, 1.54) is 12.1 Å². The maximum atomic E-state index is 12.6. The van der Waals surface area contributed by atoms with E-state index in [2.05, 4.69) is 17.2 Å². The summed E-state index contributed by atoms with van der Waals surface area (Å²) in [6.07, 6.45) is -5.12. The molecule has 0 radical (unpaired) electrons. The number of hydrogen-bond acceptors (Lipinski definition) is 2. The number of alkyl halides is 3. The molecule has 1 N–H and O–H groups in total. The predicted octanol–water partition coefficient (Wildman–Crippen LogP) is 3.95. The van der Waals surface area contributed by atoms with Gasteiger partial charge in [-0.15, -0.1) is 0 Å². The second kappa shape index (κ2) is 8.43. The smallest absolute Gasteiger partial charge is 0.416 e. The van der Waals surface area contributed by atoms with E-state index in [9.17, 15) is 18.0 Å². The molecule has 1 amide bonds. The Hall–Kier alpha value is -2.94. The normalized spacial score (nSPS) is 11.9. The number of carbonyl (C=O) groups is 1. The van der Waals surface area contributed by atoms with Crippen molar-refractivity contribution in [2.75, 3.05) is 6.54 Å². The summed E-state index contributed by atoms with van der Waals surface area (Å²) >= 11 is 0. The van der Waals surface area contributed by atoms with Crippen LogP contribution in [0.15, 0.2) is 48.5 Å². The molecule has 2 aromatic rings. The zero-order valence-electron chi connectivity index (χ0n) is 14.4. The van der Waals surface area contributed by atoms with Crippen LogP contribution in [0.25, 0.3) is 0 Å². The van der Waals surface area contributed by atoms with Crippen LogP contribution in [0, 0.1) is 18.8 Å². The SMILES string of the molecule is Cc1ccc(O[C@@H](C)C(=O)NCC#Cc2cccc(C(F)(F)F)c2)cc1. The highest BCUT2D eigenvalue weighted by molar-refractivity contribution is 5.80. The molecule has 2 aromatic carbocycles. The van der Waals surface area contributed by atoms with Gasteiger partial charge in [-0.05, 0) is 44.2 Å². The van der Waals surface area contributed by atoms with Crippen LogP contribution < -0.4 is 10.1 Å². The Morgan fingerprint density at radius 2 is 1.88 bits per heavy atom. The second-order valence-electron chi connectivity index (χ2n) is 5.67. The number of aryl methyl sites for hydroxylation is 1. The summed E-state index contributed by atoms with van der Waals surface area (Å²) in [6.45, 7) is 3.56. The third-order valence-electron chi connectivity index (χ3n) is 3.48. The van der Waals surface area contributed by atoms with Gasteiger partial charge in [0, 0.05) is 5.56 Å². The molecule has 0 aliphatic rings. The van der Waals surface area contributed by atoms with E-state index in [1.807, 2.05) is 19.1 Å². The molecule has 26 heavy (non-hydrogen) atoms. The van der Waals surface area contributed by atoms with Crippen molar-refractivity contribution < 1.29 is 22.7 Å². The highest BCUT2D eigenvalue weighted by Crippen LogP contribution is 2.29. The number of rotatable bonds is 4. The summed E-state index contributed by atoms with van der Waals surface area (Å²) in [5, 5.41) is 2.57. The van der Waals surface area contributed by atoms with Gasteiger partial charge < -0.3 is 10.1 Å². The number of nitrogens with one attached hydrogen (secondary N) is 1. The van der Waals surface area contributed by atoms with E-state index in [0.717, 1.165) is 17.7 Å². The summed E-state index contributed by atoms with van der Waals surface area (Å²) in [5.74, 6) is 5.45. The Morgan fingerprint density at radius 3 is 2.54 bits per heavy atom. The van der Waals surface area contributed by atoms with Crippen molar-refractivity contribution >= 4 is 5.91 Å². The molecular formula is C20H18F3NO2. The van der Waals surface area contributed by atoms with E-state index in [4.69, 9.17) is 4.74 Å². The first kappa shape index (κ1) is 19.4. The Kier molecular flexibility index (Phi) is 6.29. The van der Waals surface area contributed by atoms with Gasteiger partial charge in [0.1, 0.15) is 5.75 Å². The fourth-order valence-electron chi connectivity index (χ4n) is 2.07. The summed E-state index contributed by atoms with van der Waals surface area (Å²) in [4.78, 5) is 12.0. The molecule has 0 aliphatic carbocycles. The monoisotopic (exact) mass is 361 g/mol. The lowest BCUT2D eigenvalue weighted by molar-refractivity contribution is -0.137. The minimum atomic E-state index is -4.41. The summed E-state index contributed by atoms with van der Waals surface area (Å²) in [6, 6.07) is 12.0. The van der Waals surface area contributed by atoms with Crippen LogP contribution in [0.5, 0.6) is 5.75 Å². The van der Waals surface area contributed by atoms with Gasteiger partial charge >= 0.3 is 6.18 Å². The predicted molar refractivity (Wildman–Crippen MR) is 92.6 cm³/mol. The topological polar surface area (TPSA) is 38.3 Å². The number of hydrogen-bond donors (Lipinski definition) is 1. The molecule has 2 rings (SSSR count). The van der Waals surface area contributed by atoms with E-state index >= 15 is 0 Å². The third kappa shape index (κ3) is 5.85. The van der Waals surface area contributed by atoms with E-state index in [-0.39, 0.29) is 18.0 Å². The van der Waals surface area contributed by atoms with Gasteiger partial charge in [0.25, 0.3) is 5.91 Å². The van der Waals surface area contributed by atoms with Crippen LogP contribution in [0.4, 0.5) is 13.2 Å². The minimum Gasteiger partial charge on any atom is -0.481 e. The molecule has 0 saturated carbocycles. The van der Waals surface area contributed by atoms with Crippen molar-refractivity contribution in [3.8, 4) is 17.6 Å². The van der Waals surface area contributed by atoms with Crippen LogP contribution in [0.3, 0.4) is 0 Å². The van der Waals surface area contributed by atoms with Crippen LogP contribution in [0.2, 0.25) is 0 Å². The third-order valence-corrected chi connectivity index (χ3v) is 3.48. The van der Waals surface area contributed by atoms with E-state index in [0.29, 0.717) is 5.75 Å². The maximum Gasteiger partial charge on any atom is 0.416 e. The Balaban J connectivity index is 1.87. The van der Waals surface area contributed by atoms with E-state index in [1.54, 1.807) is 19.1 Å². The standard InChI is InChI=1S/C20H18F3NO2/c1-14-8-10-18(11-9-14)26-15(2)19(25)24-12-4-6-16-5-3-7-17(13-16)20(21,22)23/h3,5,7-11,13,15H,12H2,1-2H3,(H,24,25)/t15-/m0/s1. The average molecular weight is 361 g/mol. The molecule has 0 spiro atoms. The lowest BCUT2D eigenvalue weighted by Crippen LogP contribution is -2.36. The van der Waals surface area contributed by atoms with Gasteiger partial charge in [0.15, 0.2) is 6.10 Å². The summed E-state index contributed by atoms with van der Waals surface area (Å²) in [5.41, 5.74) is 0.561. The zero-order chi connectivity index (χ0) is 19.2. The van der Waals surface area contributed by atoms with Gasteiger partial charge in [-0.1, -0.05) is 35.6 Å². The fraction of sp³-hybridized carbons (Fsp3) is 0.250. The van der Waals surface area contributed by atoms with Crippen LogP contribution in [0.1, 0.15) is 23.6 Å². The van der Waals surface area contributed by atoms with Gasteiger partial charge in [0.2, 0.25) is 0 Å². The van der Waals surface area contributed by atoms with Crippen molar-refractivity contribution in [3.05, 3.63) is 65.2 Å². The van der Waals surface area contributed by atoms with Gasteiger partial charge in [0.05, 0.1) is 12.1 Å². The Morgan fingerprint density at radius 1 is 1.19 bits per heavy atom. The van der Waals surface area contributed by atoms with Gasteiger partial charge in [-0.2, -0.15) is 13.2 Å². The van der Waals surface area contributed by atoms with Crippen LogP contribution >= 0.6 is 0 Å². The van der Waals surface area contributed by atoms with E-state index < -0.39 is 17.8 Å². The summed E-state index contributed by atoms with van der Waals surface area (Å²) in [7, 11) is 0. The van der Waals surface area contributed by atoms with Gasteiger partial charge in [-0.25, -0.2) is 0 Å². The Labute approximate surface area is 150 Å². The molecule has 0 unspecified atom stereocenters. The van der Waals surface area contributed by atoms with Crippen molar-refractivity contribution in [3.63, 3.8) is 0 Å². The molecule has 0 bridgehead atoms. The highest BCUT2D eigenvalue weighted by Gasteiger charge is 2.30. The molecule has 136 valence electrons. The fourth-order valence-corrected chi connectivity index (χ4v) is 2.07. The first-order valence-corrected chi connectivity index (χ1v) is 7.93. The highest BCUT2D eigenvalue weighted by atomic mass is 19.4. The van der Waals surface area contributed by atoms with Crippen LogP contribution in [-0.2, 0) is 11.0 Å². The van der Waals surface area contributed by atoms with Crippen LogP contribution in [-0.4, -0.2) is 18.6 Å². The van der Waals surface area contributed by atoms with Crippen molar-refractivity contribution in [1.82, 2.24) is 5.32 Å². The molecule has 1 atom stereocenters. The lowest BCUT2D eigenvalue weighted by Gasteiger charge is -2.13. The Bertz CT molecular complexity index is 817. The number of halogens is 3. The molecule has 0 aromatic heterocycles. The molecule has 3 nitrogen and oxygen atoms in total. The first-order chi connectivity index (χ1) is 12.3. The number of carbonyl (C=O) groups excluding carboxylic acids is 1. The molecule has 0 aliphatic heterocycles. The average Bonchev–Trinajstić information content (AvgIpc) is 2.60. The summed E-state index contributed by atoms with van der Waals surface area (Å²) < 4.78 is 43.4. The number of benzene rings is 2. The van der Waals surface area contributed by atoms with Crippen molar-refractivity contribution in [2.45, 2.75) is 26.1 Å². The molecular weight excluding hydrogens is 343 g/mol. The quantitative estimate of drug-likeness (QED) is 0.838. The minimum absolute atomic E-state index is 0.0106. The molecule has 0 heterocycles. The second-order valence-corrected chi connectivity index (χ2v) is 5.67. The van der Waals surface area contributed by atoms with Crippen molar-refractivity contribution in [2.24, 2.45) is 0 Å². The molecule has 0 fully saturated rings. The first-order valence-electron chi connectivity index (χ1n) is 7.93. The molecule has 0 saturated heterocycles.